The Bertz CT molecular complexity index is 853. The normalized spacial score (nSPS) is 25.4. The van der Waals surface area contributed by atoms with Gasteiger partial charge in [0.2, 0.25) is 11.8 Å². The summed E-state index contributed by atoms with van der Waals surface area (Å²) in [6, 6.07) is 7.07. The number of carbonyl (C=O) groups excluding carboxylic acids is 1. The topological polar surface area (TPSA) is 71.3 Å². The van der Waals surface area contributed by atoms with Gasteiger partial charge in [-0.3, -0.25) is 4.79 Å². The first-order chi connectivity index (χ1) is 13.1. The van der Waals surface area contributed by atoms with Gasteiger partial charge in [0.25, 0.3) is 0 Å². The molecule has 2 aromatic rings. The molecule has 5 rings (SSSR count). The Morgan fingerprint density at radius 3 is 2.70 bits per heavy atom. The number of likely N-dealkylation sites (tertiary alicyclic amines) is 1. The van der Waals surface area contributed by atoms with E-state index in [1.54, 1.807) is 12.1 Å². The Kier molecular flexibility index (Phi) is 3.91. The Morgan fingerprint density at radius 2 is 1.96 bits per heavy atom. The SMILES string of the molecule is O=C(CNc1nnc(C2CC2c2ccccc2F)o1)N1CCC2(CC1)CC2. The molecule has 2 aliphatic carbocycles. The number of halogens is 1. The van der Waals surface area contributed by atoms with Crippen molar-refractivity contribution in [2.45, 2.75) is 43.9 Å². The zero-order valence-corrected chi connectivity index (χ0v) is 15.2. The molecule has 1 amide bonds. The zero-order chi connectivity index (χ0) is 18.4. The highest BCUT2D eigenvalue weighted by molar-refractivity contribution is 5.80. The molecule has 3 aliphatic rings. The van der Waals surface area contributed by atoms with E-state index in [-0.39, 0.29) is 36.1 Å². The fraction of sp³-hybridized carbons (Fsp3) is 0.550. The third kappa shape index (κ3) is 3.31. The van der Waals surface area contributed by atoms with Crippen molar-refractivity contribution >= 4 is 11.9 Å². The number of piperidine rings is 1. The lowest BCUT2D eigenvalue weighted by Crippen LogP contribution is -2.41. The maximum Gasteiger partial charge on any atom is 0.315 e. The van der Waals surface area contributed by atoms with Gasteiger partial charge in [0.05, 0.1) is 6.54 Å². The summed E-state index contributed by atoms with van der Waals surface area (Å²) in [5.74, 6) is 0.525. The summed E-state index contributed by atoms with van der Waals surface area (Å²) in [5.41, 5.74) is 1.26. The summed E-state index contributed by atoms with van der Waals surface area (Å²) >= 11 is 0. The maximum atomic E-state index is 13.9. The van der Waals surface area contributed by atoms with Crippen LogP contribution in [0.25, 0.3) is 0 Å². The van der Waals surface area contributed by atoms with Crippen molar-refractivity contribution in [1.82, 2.24) is 15.1 Å². The first kappa shape index (κ1) is 16.7. The quantitative estimate of drug-likeness (QED) is 0.874. The smallest absolute Gasteiger partial charge is 0.315 e. The molecule has 2 atom stereocenters. The molecule has 1 aliphatic heterocycles. The monoisotopic (exact) mass is 370 g/mol. The highest BCUT2D eigenvalue weighted by Gasteiger charge is 2.46. The van der Waals surface area contributed by atoms with Crippen molar-refractivity contribution in [3.05, 3.63) is 41.5 Å². The molecule has 2 unspecified atom stereocenters. The van der Waals surface area contributed by atoms with Crippen molar-refractivity contribution in [3.8, 4) is 0 Å². The van der Waals surface area contributed by atoms with Crippen LogP contribution in [-0.4, -0.2) is 40.6 Å². The fourth-order valence-electron chi connectivity index (χ4n) is 4.21. The number of hydrogen-bond donors (Lipinski definition) is 1. The second kappa shape index (κ2) is 6.32. The van der Waals surface area contributed by atoms with Gasteiger partial charge in [0.15, 0.2) is 0 Å². The first-order valence-corrected chi connectivity index (χ1v) is 9.73. The number of carbonyl (C=O) groups is 1. The number of aromatic nitrogens is 2. The van der Waals surface area contributed by atoms with Gasteiger partial charge in [-0.1, -0.05) is 23.3 Å². The molecule has 2 saturated carbocycles. The molecule has 0 bridgehead atoms. The predicted octanol–water partition coefficient (Wildman–Crippen LogP) is 3.29. The van der Waals surface area contributed by atoms with Crippen LogP contribution in [0.4, 0.5) is 10.4 Å². The van der Waals surface area contributed by atoms with Crippen LogP contribution in [0.1, 0.15) is 55.4 Å². The molecule has 1 aromatic carbocycles. The van der Waals surface area contributed by atoms with Crippen molar-refractivity contribution in [2.24, 2.45) is 5.41 Å². The standard InChI is InChI=1S/C20H23FN4O2/c21-16-4-2-1-3-13(16)14-11-15(14)18-23-24-19(27-18)22-12-17(26)25-9-7-20(5-6-20)8-10-25/h1-4,14-15H,5-12H2,(H,22,24). The van der Waals surface area contributed by atoms with Crippen LogP contribution in [-0.2, 0) is 4.79 Å². The van der Waals surface area contributed by atoms with E-state index in [4.69, 9.17) is 4.42 Å². The van der Waals surface area contributed by atoms with Crippen molar-refractivity contribution in [3.63, 3.8) is 0 Å². The van der Waals surface area contributed by atoms with Crippen LogP contribution in [0.3, 0.4) is 0 Å². The van der Waals surface area contributed by atoms with Crippen LogP contribution < -0.4 is 5.32 Å². The highest BCUT2D eigenvalue weighted by Crippen LogP contribution is 2.55. The number of nitrogens with one attached hydrogen (secondary N) is 1. The van der Waals surface area contributed by atoms with E-state index < -0.39 is 0 Å². The molecular weight excluding hydrogens is 347 g/mol. The molecule has 3 fully saturated rings. The lowest BCUT2D eigenvalue weighted by atomic mass is 9.94. The Labute approximate surface area is 157 Å². The fourth-order valence-corrected chi connectivity index (χ4v) is 4.21. The third-order valence-corrected chi connectivity index (χ3v) is 6.38. The molecule has 7 heteroatoms. The number of anilines is 1. The molecule has 1 aromatic heterocycles. The van der Waals surface area contributed by atoms with E-state index in [1.807, 2.05) is 11.0 Å². The Balaban J connectivity index is 1.14. The van der Waals surface area contributed by atoms with Crippen LogP contribution >= 0.6 is 0 Å². The molecule has 2 heterocycles. The van der Waals surface area contributed by atoms with E-state index >= 15 is 0 Å². The van der Waals surface area contributed by atoms with Gasteiger partial charge < -0.3 is 14.6 Å². The van der Waals surface area contributed by atoms with Crippen LogP contribution in [0.2, 0.25) is 0 Å². The highest BCUT2D eigenvalue weighted by atomic mass is 19.1. The number of benzene rings is 1. The van der Waals surface area contributed by atoms with E-state index in [2.05, 4.69) is 15.5 Å². The maximum absolute atomic E-state index is 13.9. The Hall–Kier alpha value is -2.44. The number of amides is 1. The van der Waals surface area contributed by atoms with Crippen LogP contribution in [0, 0.1) is 11.2 Å². The molecule has 27 heavy (non-hydrogen) atoms. The van der Waals surface area contributed by atoms with Gasteiger partial charge in [-0.25, -0.2) is 4.39 Å². The van der Waals surface area contributed by atoms with E-state index in [9.17, 15) is 9.18 Å². The summed E-state index contributed by atoms with van der Waals surface area (Å²) in [7, 11) is 0. The third-order valence-electron chi connectivity index (χ3n) is 6.38. The molecule has 0 radical (unpaired) electrons. The first-order valence-electron chi connectivity index (χ1n) is 9.73. The second-order valence-corrected chi connectivity index (χ2v) is 8.15. The van der Waals surface area contributed by atoms with Crippen molar-refractivity contribution in [2.75, 3.05) is 25.0 Å². The largest absolute Gasteiger partial charge is 0.408 e. The van der Waals surface area contributed by atoms with Crippen molar-refractivity contribution in [1.29, 1.82) is 0 Å². The lowest BCUT2D eigenvalue weighted by molar-refractivity contribution is -0.130. The summed E-state index contributed by atoms with van der Waals surface area (Å²) in [6.07, 6.45) is 5.71. The van der Waals surface area contributed by atoms with E-state index in [0.717, 1.165) is 32.4 Å². The second-order valence-electron chi connectivity index (χ2n) is 8.15. The summed E-state index contributed by atoms with van der Waals surface area (Å²) in [4.78, 5) is 14.3. The van der Waals surface area contributed by atoms with Gasteiger partial charge in [-0.15, -0.1) is 5.10 Å². The van der Waals surface area contributed by atoms with Gasteiger partial charge in [-0.2, -0.15) is 0 Å². The molecule has 1 saturated heterocycles. The zero-order valence-electron chi connectivity index (χ0n) is 15.2. The number of rotatable bonds is 5. The van der Waals surface area contributed by atoms with Gasteiger partial charge in [0, 0.05) is 19.0 Å². The predicted molar refractivity (Wildman–Crippen MR) is 96.8 cm³/mol. The average molecular weight is 370 g/mol. The molecule has 142 valence electrons. The summed E-state index contributed by atoms with van der Waals surface area (Å²) < 4.78 is 19.5. The minimum atomic E-state index is -0.192. The number of nitrogens with zero attached hydrogens (tertiary/aromatic N) is 3. The van der Waals surface area contributed by atoms with Crippen LogP contribution in [0.5, 0.6) is 0 Å². The van der Waals surface area contributed by atoms with Gasteiger partial charge >= 0.3 is 6.01 Å². The lowest BCUT2D eigenvalue weighted by Gasteiger charge is -2.32. The van der Waals surface area contributed by atoms with Gasteiger partial charge in [0.1, 0.15) is 5.82 Å². The minimum absolute atomic E-state index is 0.0532. The molecule has 6 nitrogen and oxygen atoms in total. The Morgan fingerprint density at radius 1 is 1.19 bits per heavy atom. The average Bonchev–Trinajstić information content (AvgIpc) is 3.59. The van der Waals surface area contributed by atoms with E-state index in [0.29, 0.717) is 16.9 Å². The summed E-state index contributed by atoms with van der Waals surface area (Å²) in [5, 5.41) is 11.0. The van der Waals surface area contributed by atoms with E-state index in [1.165, 1.54) is 18.9 Å². The number of hydrogen-bond acceptors (Lipinski definition) is 5. The minimum Gasteiger partial charge on any atom is -0.408 e. The summed E-state index contributed by atoms with van der Waals surface area (Å²) in [6.45, 7) is 1.86. The van der Waals surface area contributed by atoms with Crippen LogP contribution in [0.15, 0.2) is 28.7 Å². The molecule has 1 spiro atoms. The molecular formula is C20H23FN4O2. The molecule has 1 N–H and O–H groups in total. The van der Waals surface area contributed by atoms with Gasteiger partial charge in [-0.05, 0) is 55.1 Å². The van der Waals surface area contributed by atoms with Crippen molar-refractivity contribution < 1.29 is 13.6 Å².